The predicted molar refractivity (Wildman–Crippen MR) is 109 cm³/mol. The van der Waals surface area contributed by atoms with Crippen LogP contribution in [-0.2, 0) is 0 Å². The molecule has 144 valence electrons. The van der Waals surface area contributed by atoms with Gasteiger partial charge in [0, 0.05) is 17.4 Å². The summed E-state index contributed by atoms with van der Waals surface area (Å²) in [6, 6.07) is 20.5. The van der Waals surface area contributed by atoms with Crippen LogP contribution in [0.15, 0.2) is 83.5 Å². The topological polar surface area (TPSA) is 115 Å². The average Bonchev–Trinajstić information content (AvgIpc) is 3.38. The number of hydrogen-bond acceptors (Lipinski definition) is 4. The van der Waals surface area contributed by atoms with Crippen molar-refractivity contribution in [2.24, 2.45) is 5.73 Å². The van der Waals surface area contributed by atoms with Crippen LogP contribution < -0.4 is 16.4 Å². The fraction of sp³-hybridized carbons (Fsp3) is 0. The van der Waals surface area contributed by atoms with Crippen molar-refractivity contribution in [1.82, 2.24) is 9.78 Å². The van der Waals surface area contributed by atoms with Crippen molar-refractivity contribution in [3.63, 3.8) is 0 Å². The highest BCUT2D eigenvalue weighted by molar-refractivity contribution is 6.04. The molecule has 0 saturated heterocycles. The maximum atomic E-state index is 13.0. The van der Waals surface area contributed by atoms with E-state index >= 15 is 0 Å². The van der Waals surface area contributed by atoms with Gasteiger partial charge in [0.05, 0.1) is 12.0 Å². The summed E-state index contributed by atoms with van der Waals surface area (Å²) in [5.74, 6) is 0.191. The van der Waals surface area contributed by atoms with Gasteiger partial charge in [-0.05, 0) is 42.5 Å². The van der Waals surface area contributed by atoms with Crippen LogP contribution in [0.4, 0.5) is 16.2 Å². The van der Waals surface area contributed by atoms with E-state index in [1.165, 1.54) is 0 Å². The lowest BCUT2D eigenvalue weighted by atomic mass is 10.2. The number of carbonyl (C=O) groups excluding carboxylic acids is 2. The molecule has 0 aliphatic heterocycles. The highest BCUT2D eigenvalue weighted by Gasteiger charge is 2.19. The molecule has 0 aliphatic carbocycles. The van der Waals surface area contributed by atoms with Gasteiger partial charge in [-0.3, -0.25) is 4.79 Å². The lowest BCUT2D eigenvalue weighted by molar-refractivity contribution is 0.101. The fourth-order valence-electron chi connectivity index (χ4n) is 2.87. The van der Waals surface area contributed by atoms with Gasteiger partial charge < -0.3 is 20.8 Å². The molecule has 3 amide bonds. The van der Waals surface area contributed by atoms with Crippen molar-refractivity contribution >= 4 is 23.3 Å². The molecule has 0 bridgehead atoms. The Hall–Kier alpha value is -4.33. The summed E-state index contributed by atoms with van der Waals surface area (Å²) < 4.78 is 6.97. The lowest BCUT2D eigenvalue weighted by Gasteiger charge is -2.09. The molecule has 2 aromatic carbocycles. The van der Waals surface area contributed by atoms with E-state index in [1.807, 2.05) is 30.3 Å². The molecule has 4 aromatic rings. The zero-order chi connectivity index (χ0) is 20.2. The van der Waals surface area contributed by atoms with Crippen LogP contribution in [0.5, 0.6) is 0 Å². The number of amides is 3. The number of furan rings is 1. The molecular weight excluding hydrogens is 370 g/mol. The van der Waals surface area contributed by atoms with Crippen LogP contribution in [0.3, 0.4) is 0 Å². The van der Waals surface area contributed by atoms with Gasteiger partial charge in [-0.25, -0.2) is 9.48 Å². The van der Waals surface area contributed by atoms with Gasteiger partial charge in [0.2, 0.25) is 0 Å². The molecule has 29 heavy (non-hydrogen) atoms. The molecule has 0 atom stereocenters. The quantitative estimate of drug-likeness (QED) is 0.482. The second-order valence-electron chi connectivity index (χ2n) is 6.16. The molecule has 0 spiro atoms. The number of nitrogens with one attached hydrogen (secondary N) is 2. The highest BCUT2D eigenvalue weighted by atomic mass is 16.3. The Morgan fingerprint density at radius 2 is 1.66 bits per heavy atom. The standard InChI is InChI=1S/C21H17N5O3/c22-21(28)24-15-7-4-6-14(12-15)23-20(27)18-13-17(19-10-5-11-29-19)25-26(18)16-8-2-1-3-9-16/h1-13H,(H,23,27)(H3,22,24,28). The van der Waals surface area contributed by atoms with Crippen LogP contribution in [0, 0.1) is 0 Å². The number of aromatic nitrogens is 2. The molecule has 4 N–H and O–H groups in total. The average molecular weight is 387 g/mol. The zero-order valence-electron chi connectivity index (χ0n) is 15.2. The number of anilines is 2. The van der Waals surface area contributed by atoms with Gasteiger partial charge in [0.15, 0.2) is 5.76 Å². The second-order valence-corrected chi connectivity index (χ2v) is 6.16. The van der Waals surface area contributed by atoms with Crippen molar-refractivity contribution < 1.29 is 14.0 Å². The Bertz CT molecular complexity index is 1150. The van der Waals surface area contributed by atoms with E-state index in [2.05, 4.69) is 15.7 Å². The minimum atomic E-state index is -0.682. The van der Waals surface area contributed by atoms with Gasteiger partial charge in [-0.2, -0.15) is 5.10 Å². The Morgan fingerprint density at radius 3 is 2.34 bits per heavy atom. The molecule has 0 unspecified atom stereocenters. The molecule has 4 rings (SSSR count). The number of nitrogens with two attached hydrogens (primary N) is 1. The van der Waals surface area contributed by atoms with E-state index in [-0.39, 0.29) is 5.91 Å². The number of nitrogens with zero attached hydrogens (tertiary/aromatic N) is 2. The number of rotatable bonds is 5. The Kier molecular flexibility index (Phi) is 4.81. The molecule has 2 aromatic heterocycles. The van der Waals surface area contributed by atoms with E-state index in [4.69, 9.17) is 10.2 Å². The van der Waals surface area contributed by atoms with E-state index in [1.54, 1.807) is 53.4 Å². The third kappa shape index (κ3) is 4.01. The fourth-order valence-corrected chi connectivity index (χ4v) is 2.87. The predicted octanol–water partition coefficient (Wildman–Crippen LogP) is 3.88. The molecule has 0 fully saturated rings. The van der Waals surface area contributed by atoms with Crippen molar-refractivity contribution in [3.8, 4) is 17.1 Å². The first-order chi connectivity index (χ1) is 14.1. The lowest BCUT2D eigenvalue weighted by Crippen LogP contribution is -2.20. The largest absolute Gasteiger partial charge is 0.463 e. The smallest absolute Gasteiger partial charge is 0.316 e. The summed E-state index contributed by atoms with van der Waals surface area (Å²) in [4.78, 5) is 24.1. The first kappa shape index (κ1) is 18.1. The van der Waals surface area contributed by atoms with E-state index < -0.39 is 6.03 Å². The van der Waals surface area contributed by atoms with Crippen molar-refractivity contribution in [1.29, 1.82) is 0 Å². The molecule has 0 radical (unpaired) electrons. The summed E-state index contributed by atoms with van der Waals surface area (Å²) in [5, 5.41) is 9.82. The van der Waals surface area contributed by atoms with Crippen LogP contribution in [0.25, 0.3) is 17.1 Å². The molecule has 8 heteroatoms. The van der Waals surface area contributed by atoms with Crippen molar-refractivity contribution in [3.05, 3.63) is 84.8 Å². The maximum Gasteiger partial charge on any atom is 0.316 e. The third-order valence-electron chi connectivity index (χ3n) is 4.10. The first-order valence-corrected chi connectivity index (χ1v) is 8.77. The summed E-state index contributed by atoms with van der Waals surface area (Å²) in [5.41, 5.74) is 7.72. The van der Waals surface area contributed by atoms with E-state index in [0.717, 1.165) is 5.69 Å². The summed E-state index contributed by atoms with van der Waals surface area (Å²) in [7, 11) is 0. The minimum absolute atomic E-state index is 0.330. The second kappa shape index (κ2) is 7.73. The highest BCUT2D eigenvalue weighted by Crippen LogP contribution is 2.23. The molecule has 0 saturated carbocycles. The normalized spacial score (nSPS) is 10.5. The van der Waals surface area contributed by atoms with E-state index in [9.17, 15) is 9.59 Å². The van der Waals surface area contributed by atoms with Crippen LogP contribution in [0.1, 0.15) is 10.5 Å². The number of para-hydroxylation sites is 1. The van der Waals surface area contributed by atoms with Crippen LogP contribution in [-0.4, -0.2) is 21.7 Å². The third-order valence-corrected chi connectivity index (χ3v) is 4.10. The number of urea groups is 1. The molecule has 2 heterocycles. The van der Waals surface area contributed by atoms with E-state index in [0.29, 0.717) is 28.5 Å². The molecule has 8 nitrogen and oxygen atoms in total. The zero-order valence-corrected chi connectivity index (χ0v) is 15.2. The minimum Gasteiger partial charge on any atom is -0.463 e. The van der Waals surface area contributed by atoms with Crippen molar-refractivity contribution in [2.75, 3.05) is 10.6 Å². The number of hydrogen-bond donors (Lipinski definition) is 3. The van der Waals surface area contributed by atoms with Gasteiger partial charge in [0.1, 0.15) is 11.4 Å². The van der Waals surface area contributed by atoms with Gasteiger partial charge in [-0.1, -0.05) is 24.3 Å². The summed E-state index contributed by atoms with van der Waals surface area (Å²) >= 11 is 0. The number of primary amides is 1. The Labute approximate surface area is 165 Å². The van der Waals surface area contributed by atoms with Crippen LogP contribution in [0.2, 0.25) is 0 Å². The Morgan fingerprint density at radius 1 is 0.897 bits per heavy atom. The molecule has 0 aliphatic rings. The van der Waals surface area contributed by atoms with Crippen molar-refractivity contribution in [2.45, 2.75) is 0 Å². The number of benzene rings is 2. The summed E-state index contributed by atoms with van der Waals surface area (Å²) in [6.07, 6.45) is 1.55. The SMILES string of the molecule is NC(=O)Nc1cccc(NC(=O)c2cc(-c3ccco3)nn2-c2ccccc2)c1. The van der Waals surface area contributed by atoms with Gasteiger partial charge in [-0.15, -0.1) is 0 Å². The molecular formula is C21H17N5O3. The van der Waals surface area contributed by atoms with Gasteiger partial charge >= 0.3 is 6.03 Å². The Balaban J connectivity index is 1.68. The van der Waals surface area contributed by atoms with Crippen LogP contribution >= 0.6 is 0 Å². The van der Waals surface area contributed by atoms with Gasteiger partial charge in [0.25, 0.3) is 5.91 Å². The summed E-state index contributed by atoms with van der Waals surface area (Å²) in [6.45, 7) is 0. The number of carbonyl (C=O) groups is 2. The monoisotopic (exact) mass is 387 g/mol. The first-order valence-electron chi connectivity index (χ1n) is 8.77. The maximum absolute atomic E-state index is 13.0.